The van der Waals surface area contributed by atoms with Gasteiger partial charge in [-0.2, -0.15) is 5.10 Å². The molecule has 1 aromatic rings. The van der Waals surface area contributed by atoms with Gasteiger partial charge in [0.1, 0.15) is 12.2 Å². The molecule has 0 spiro atoms. The number of nitrogens with one attached hydrogen (secondary N) is 1. The molecule has 1 atom stereocenters. The van der Waals surface area contributed by atoms with E-state index in [0.717, 1.165) is 25.2 Å². The van der Waals surface area contributed by atoms with Gasteiger partial charge in [0.25, 0.3) is 0 Å². The van der Waals surface area contributed by atoms with Gasteiger partial charge < -0.3 is 5.32 Å². The zero-order chi connectivity index (χ0) is 12.0. The number of hydrogen-bond acceptors (Lipinski definition) is 3. The molecule has 1 N–H and O–H groups in total. The molecule has 1 rings (SSSR count). The molecule has 0 saturated carbocycles. The highest BCUT2D eigenvalue weighted by molar-refractivity contribution is 4.91. The van der Waals surface area contributed by atoms with Crippen LogP contribution in [0.2, 0.25) is 0 Å². The van der Waals surface area contributed by atoms with Gasteiger partial charge in [0.2, 0.25) is 0 Å². The lowest BCUT2D eigenvalue weighted by atomic mass is 10.1. The highest BCUT2D eigenvalue weighted by Gasteiger charge is 2.12. The molecule has 0 radical (unpaired) electrons. The average Bonchev–Trinajstić information content (AvgIpc) is 2.72. The van der Waals surface area contributed by atoms with Crippen molar-refractivity contribution >= 4 is 0 Å². The molecule has 16 heavy (non-hydrogen) atoms. The fourth-order valence-corrected chi connectivity index (χ4v) is 1.78. The first-order valence-corrected chi connectivity index (χ1v) is 6.30. The number of hydrogen-bond donors (Lipinski definition) is 1. The van der Waals surface area contributed by atoms with Crippen LogP contribution >= 0.6 is 0 Å². The second-order valence-electron chi connectivity index (χ2n) is 4.48. The normalized spacial score (nSPS) is 13.3. The fourth-order valence-electron chi connectivity index (χ4n) is 1.78. The Labute approximate surface area is 98.5 Å². The van der Waals surface area contributed by atoms with E-state index < -0.39 is 0 Å². The largest absolute Gasteiger partial charge is 0.314 e. The number of nitrogens with zero attached hydrogens (tertiary/aromatic N) is 3. The number of aromatic nitrogens is 3. The van der Waals surface area contributed by atoms with Crippen molar-refractivity contribution in [2.75, 3.05) is 6.54 Å². The minimum Gasteiger partial charge on any atom is -0.314 e. The predicted octanol–water partition coefficient (Wildman–Crippen LogP) is 2.18. The molecule has 1 aromatic heterocycles. The van der Waals surface area contributed by atoms with Crippen LogP contribution in [0.1, 0.15) is 52.4 Å². The van der Waals surface area contributed by atoms with Crippen molar-refractivity contribution < 1.29 is 0 Å². The van der Waals surface area contributed by atoms with E-state index in [9.17, 15) is 0 Å². The molecule has 0 aliphatic carbocycles. The first-order chi connectivity index (χ1) is 7.69. The second kappa shape index (κ2) is 6.63. The van der Waals surface area contributed by atoms with Gasteiger partial charge in [0.15, 0.2) is 0 Å². The Morgan fingerprint density at radius 2 is 2.12 bits per heavy atom. The van der Waals surface area contributed by atoms with Crippen molar-refractivity contribution in [3.8, 4) is 0 Å². The Kier molecular flexibility index (Phi) is 5.46. The molecule has 0 amide bonds. The Hall–Kier alpha value is -0.900. The summed E-state index contributed by atoms with van der Waals surface area (Å²) < 4.78 is 2.01. The Balaban J connectivity index is 2.59. The van der Waals surface area contributed by atoms with E-state index in [1.165, 1.54) is 6.42 Å². The summed E-state index contributed by atoms with van der Waals surface area (Å²) in [4.78, 5) is 4.35. The van der Waals surface area contributed by atoms with Crippen LogP contribution in [0, 0.1) is 0 Å². The van der Waals surface area contributed by atoms with Crippen LogP contribution < -0.4 is 5.32 Å². The zero-order valence-corrected chi connectivity index (χ0v) is 10.9. The number of rotatable bonds is 7. The molecular weight excluding hydrogens is 200 g/mol. The van der Waals surface area contributed by atoms with Gasteiger partial charge in [-0.1, -0.05) is 13.8 Å². The van der Waals surface area contributed by atoms with E-state index in [-0.39, 0.29) is 0 Å². The molecule has 92 valence electrons. The van der Waals surface area contributed by atoms with E-state index in [4.69, 9.17) is 0 Å². The summed E-state index contributed by atoms with van der Waals surface area (Å²) in [5.74, 6) is 1.09. The van der Waals surface area contributed by atoms with Crippen LogP contribution in [0.4, 0.5) is 0 Å². The van der Waals surface area contributed by atoms with Crippen LogP contribution in [0.5, 0.6) is 0 Å². The average molecular weight is 224 g/mol. The highest BCUT2D eigenvalue weighted by atomic mass is 15.3. The van der Waals surface area contributed by atoms with Crippen molar-refractivity contribution in [2.45, 2.75) is 59.0 Å². The second-order valence-corrected chi connectivity index (χ2v) is 4.48. The maximum Gasteiger partial charge on any atom is 0.138 e. The third kappa shape index (κ3) is 3.59. The molecule has 4 nitrogen and oxygen atoms in total. The third-order valence-electron chi connectivity index (χ3n) is 2.74. The van der Waals surface area contributed by atoms with E-state index in [1.807, 2.05) is 4.68 Å². The Morgan fingerprint density at radius 1 is 1.38 bits per heavy atom. The fraction of sp³-hybridized carbons (Fsp3) is 0.833. The van der Waals surface area contributed by atoms with Crippen molar-refractivity contribution in [3.63, 3.8) is 0 Å². The first kappa shape index (κ1) is 13.2. The lowest BCUT2D eigenvalue weighted by Gasteiger charge is -2.17. The molecule has 0 saturated heterocycles. The Bertz CT molecular complexity index is 293. The molecule has 0 aliphatic rings. The van der Waals surface area contributed by atoms with Crippen molar-refractivity contribution in [1.29, 1.82) is 0 Å². The molecule has 0 fully saturated rings. The van der Waals surface area contributed by atoms with Gasteiger partial charge in [-0.3, -0.25) is 0 Å². The van der Waals surface area contributed by atoms with Crippen LogP contribution in [-0.2, 0) is 6.42 Å². The molecule has 0 aliphatic heterocycles. The maximum atomic E-state index is 4.35. The van der Waals surface area contributed by atoms with Crippen molar-refractivity contribution in [1.82, 2.24) is 20.1 Å². The predicted molar refractivity (Wildman–Crippen MR) is 66.5 cm³/mol. The van der Waals surface area contributed by atoms with E-state index in [1.54, 1.807) is 6.33 Å². The molecular formula is C12H24N4. The molecule has 4 heteroatoms. The lowest BCUT2D eigenvalue weighted by molar-refractivity contribution is 0.447. The van der Waals surface area contributed by atoms with Crippen LogP contribution in [0.3, 0.4) is 0 Å². The summed E-state index contributed by atoms with van der Waals surface area (Å²) in [6, 6.07) is 0.905. The maximum absolute atomic E-state index is 4.35. The van der Waals surface area contributed by atoms with E-state index in [0.29, 0.717) is 12.1 Å². The third-order valence-corrected chi connectivity index (χ3v) is 2.74. The monoisotopic (exact) mass is 224 g/mol. The first-order valence-electron chi connectivity index (χ1n) is 6.30. The van der Waals surface area contributed by atoms with E-state index >= 15 is 0 Å². The van der Waals surface area contributed by atoms with Crippen molar-refractivity contribution in [3.05, 3.63) is 12.2 Å². The summed E-state index contributed by atoms with van der Waals surface area (Å²) in [5, 5.41) is 7.80. The molecule has 0 bridgehead atoms. The van der Waals surface area contributed by atoms with Gasteiger partial charge in [-0.25, -0.2) is 9.67 Å². The van der Waals surface area contributed by atoms with Gasteiger partial charge >= 0.3 is 0 Å². The lowest BCUT2D eigenvalue weighted by Crippen LogP contribution is -2.32. The smallest absolute Gasteiger partial charge is 0.138 e. The zero-order valence-electron chi connectivity index (χ0n) is 10.9. The molecule has 1 unspecified atom stereocenters. The van der Waals surface area contributed by atoms with Crippen LogP contribution in [-0.4, -0.2) is 27.4 Å². The van der Waals surface area contributed by atoms with Crippen molar-refractivity contribution in [2.24, 2.45) is 0 Å². The summed E-state index contributed by atoms with van der Waals surface area (Å²) >= 11 is 0. The topological polar surface area (TPSA) is 42.7 Å². The summed E-state index contributed by atoms with van der Waals surface area (Å²) in [6.45, 7) is 9.76. The molecule has 1 heterocycles. The van der Waals surface area contributed by atoms with Gasteiger partial charge in [-0.05, 0) is 33.2 Å². The SMILES string of the molecule is CCCNC(CC)Cc1ncnn1C(C)C. The standard InChI is InChI=1S/C12H24N4/c1-5-7-13-11(6-2)8-12-14-9-15-16(12)10(3)4/h9-11,13H,5-8H2,1-4H3. The summed E-state index contributed by atoms with van der Waals surface area (Å²) in [7, 11) is 0. The summed E-state index contributed by atoms with van der Waals surface area (Å²) in [5.41, 5.74) is 0. The highest BCUT2D eigenvalue weighted by Crippen LogP contribution is 2.08. The Morgan fingerprint density at radius 3 is 2.69 bits per heavy atom. The van der Waals surface area contributed by atoms with E-state index in [2.05, 4.69) is 43.1 Å². The van der Waals surface area contributed by atoms with Crippen LogP contribution in [0.15, 0.2) is 6.33 Å². The minimum absolute atomic E-state index is 0.390. The van der Waals surface area contributed by atoms with Gasteiger partial charge in [-0.15, -0.1) is 0 Å². The van der Waals surface area contributed by atoms with Gasteiger partial charge in [0, 0.05) is 18.5 Å². The molecule has 0 aromatic carbocycles. The van der Waals surface area contributed by atoms with Crippen LogP contribution in [0.25, 0.3) is 0 Å². The quantitative estimate of drug-likeness (QED) is 0.772. The summed E-state index contributed by atoms with van der Waals surface area (Å²) in [6.07, 6.45) is 4.93. The minimum atomic E-state index is 0.390. The van der Waals surface area contributed by atoms with Gasteiger partial charge in [0.05, 0.1) is 0 Å².